The minimum Gasteiger partial charge on any atom is -0.0843 e. The Morgan fingerprint density at radius 3 is 2.24 bits per heavy atom. The number of hydrogen-bond acceptors (Lipinski definition) is 0. The summed E-state index contributed by atoms with van der Waals surface area (Å²) in [5.41, 5.74) is 2.20. The van der Waals surface area contributed by atoms with Crippen LogP contribution in [-0.2, 0) is 0 Å². The van der Waals surface area contributed by atoms with Crippen LogP contribution in [0.25, 0.3) is 12.2 Å². The molecule has 0 unspecified atom stereocenters. The first-order chi connectivity index (χ1) is 8.16. The molecule has 0 aliphatic heterocycles. The number of halogens is 3. The molecule has 2 aromatic carbocycles. The molecule has 0 aliphatic carbocycles. The minimum absolute atomic E-state index is 0.736. The van der Waals surface area contributed by atoms with Gasteiger partial charge >= 0.3 is 0 Å². The highest BCUT2D eigenvalue weighted by molar-refractivity contribution is 9.10. The molecule has 0 aliphatic rings. The fraction of sp³-hybridized carbons (Fsp3) is 0. The van der Waals surface area contributed by atoms with E-state index in [-0.39, 0.29) is 0 Å². The van der Waals surface area contributed by atoms with Crippen molar-refractivity contribution >= 4 is 55.6 Å². The van der Waals surface area contributed by atoms with Crippen molar-refractivity contribution in [3.05, 3.63) is 67.6 Å². The van der Waals surface area contributed by atoms with E-state index >= 15 is 0 Å². The molecule has 17 heavy (non-hydrogen) atoms. The summed E-state index contributed by atoms with van der Waals surface area (Å²) in [6.07, 6.45) is 4.09. The van der Waals surface area contributed by atoms with Gasteiger partial charge in [0.05, 0.1) is 0 Å². The second kappa shape index (κ2) is 5.85. The smallest absolute Gasteiger partial charge is 0.0412 e. The van der Waals surface area contributed by atoms with E-state index < -0.39 is 0 Å². The Labute approximate surface area is 123 Å². The van der Waals surface area contributed by atoms with Gasteiger partial charge < -0.3 is 0 Å². The lowest BCUT2D eigenvalue weighted by Crippen LogP contribution is -1.77. The maximum atomic E-state index is 5.97. The molecule has 0 radical (unpaired) electrons. The summed E-state index contributed by atoms with van der Waals surface area (Å²) in [6, 6.07) is 13.8. The first-order valence-corrected chi connectivity index (χ1v) is 7.01. The zero-order chi connectivity index (χ0) is 12.3. The van der Waals surface area contributed by atoms with Crippen LogP contribution in [0.5, 0.6) is 0 Å². The molecule has 0 heterocycles. The summed E-state index contributed by atoms with van der Waals surface area (Å²) in [4.78, 5) is 0. The number of rotatable bonds is 2. The molecule has 3 heteroatoms. The molecule has 0 saturated carbocycles. The second-order valence-corrected chi connectivity index (χ2v) is 5.67. The summed E-state index contributed by atoms with van der Waals surface area (Å²) in [7, 11) is 0. The summed E-state index contributed by atoms with van der Waals surface area (Å²) < 4.78 is 2.11. The highest BCUT2D eigenvalue weighted by atomic mass is 79.9. The van der Waals surface area contributed by atoms with Gasteiger partial charge in [-0.3, -0.25) is 0 Å². The predicted molar refractivity (Wildman–Crippen MR) is 82.2 cm³/mol. The number of benzene rings is 2. The largest absolute Gasteiger partial charge is 0.0843 e. The van der Waals surface area contributed by atoms with Gasteiger partial charge in [0, 0.05) is 14.0 Å². The van der Waals surface area contributed by atoms with Crippen LogP contribution in [0.4, 0.5) is 0 Å². The normalized spacial score (nSPS) is 11.0. The maximum absolute atomic E-state index is 5.97. The molecule has 0 saturated heterocycles. The SMILES string of the molecule is Clc1ccc(Br)c(C=Cc2ccccc2Br)c1. The van der Waals surface area contributed by atoms with Crippen molar-refractivity contribution in [3.63, 3.8) is 0 Å². The van der Waals surface area contributed by atoms with Crippen molar-refractivity contribution in [2.75, 3.05) is 0 Å². The van der Waals surface area contributed by atoms with Gasteiger partial charge in [-0.1, -0.05) is 73.8 Å². The topological polar surface area (TPSA) is 0 Å². The predicted octanol–water partition coefficient (Wildman–Crippen LogP) is 6.04. The van der Waals surface area contributed by atoms with Crippen molar-refractivity contribution < 1.29 is 0 Å². The molecule has 86 valence electrons. The van der Waals surface area contributed by atoms with Crippen molar-refractivity contribution in [1.29, 1.82) is 0 Å². The van der Waals surface area contributed by atoms with Gasteiger partial charge in [-0.2, -0.15) is 0 Å². The molecule has 0 amide bonds. The van der Waals surface area contributed by atoms with E-state index in [0.717, 1.165) is 25.1 Å². The van der Waals surface area contributed by atoms with Crippen molar-refractivity contribution in [2.24, 2.45) is 0 Å². The molecular formula is C14H9Br2Cl. The molecule has 0 spiro atoms. The van der Waals surface area contributed by atoms with Crippen LogP contribution in [0.3, 0.4) is 0 Å². The lowest BCUT2D eigenvalue weighted by molar-refractivity contribution is 1.58. The van der Waals surface area contributed by atoms with Crippen molar-refractivity contribution in [2.45, 2.75) is 0 Å². The third-order valence-electron chi connectivity index (χ3n) is 2.31. The van der Waals surface area contributed by atoms with E-state index in [1.54, 1.807) is 0 Å². The molecular weight excluding hydrogens is 363 g/mol. The highest BCUT2D eigenvalue weighted by Crippen LogP contribution is 2.24. The van der Waals surface area contributed by atoms with Gasteiger partial charge in [-0.15, -0.1) is 0 Å². The molecule has 0 fully saturated rings. The lowest BCUT2D eigenvalue weighted by Gasteiger charge is -2.00. The van der Waals surface area contributed by atoms with Crippen LogP contribution in [-0.4, -0.2) is 0 Å². The van der Waals surface area contributed by atoms with Gasteiger partial charge in [0.2, 0.25) is 0 Å². The van der Waals surface area contributed by atoms with Crippen LogP contribution in [0.1, 0.15) is 11.1 Å². The molecule has 0 bridgehead atoms. The van der Waals surface area contributed by atoms with Crippen LogP contribution in [0.15, 0.2) is 51.4 Å². The van der Waals surface area contributed by atoms with E-state index in [1.165, 1.54) is 0 Å². The minimum atomic E-state index is 0.736. The van der Waals surface area contributed by atoms with Crippen molar-refractivity contribution in [3.8, 4) is 0 Å². The van der Waals surface area contributed by atoms with Gasteiger partial charge in [-0.05, 0) is 35.4 Å². The Morgan fingerprint density at radius 2 is 1.47 bits per heavy atom. The van der Waals surface area contributed by atoms with Crippen LogP contribution in [0.2, 0.25) is 5.02 Å². The average Bonchev–Trinajstić information content (AvgIpc) is 2.32. The molecule has 0 nitrogen and oxygen atoms in total. The van der Waals surface area contributed by atoms with Gasteiger partial charge in [0.1, 0.15) is 0 Å². The fourth-order valence-electron chi connectivity index (χ4n) is 1.43. The molecule has 0 N–H and O–H groups in total. The van der Waals surface area contributed by atoms with E-state index in [1.807, 2.05) is 42.5 Å². The summed E-state index contributed by atoms with van der Waals surface area (Å²) in [5, 5.41) is 0.736. The Kier molecular flexibility index (Phi) is 4.43. The van der Waals surface area contributed by atoms with Crippen LogP contribution in [0, 0.1) is 0 Å². The van der Waals surface area contributed by atoms with Crippen molar-refractivity contribution in [1.82, 2.24) is 0 Å². The van der Waals surface area contributed by atoms with E-state index in [9.17, 15) is 0 Å². The van der Waals surface area contributed by atoms with Gasteiger partial charge in [0.15, 0.2) is 0 Å². The van der Waals surface area contributed by atoms with Gasteiger partial charge in [-0.25, -0.2) is 0 Å². The molecule has 0 atom stereocenters. The fourth-order valence-corrected chi connectivity index (χ4v) is 2.41. The average molecular weight is 372 g/mol. The maximum Gasteiger partial charge on any atom is 0.0412 e. The van der Waals surface area contributed by atoms with Gasteiger partial charge in [0.25, 0.3) is 0 Å². The quantitative estimate of drug-likeness (QED) is 0.564. The van der Waals surface area contributed by atoms with E-state index in [2.05, 4.69) is 44.0 Å². The van der Waals surface area contributed by atoms with Crippen LogP contribution < -0.4 is 0 Å². The summed E-state index contributed by atoms with van der Waals surface area (Å²) in [6.45, 7) is 0. The van der Waals surface area contributed by atoms with E-state index in [0.29, 0.717) is 0 Å². The lowest BCUT2D eigenvalue weighted by atomic mass is 10.1. The summed E-state index contributed by atoms with van der Waals surface area (Å²) in [5.74, 6) is 0. The van der Waals surface area contributed by atoms with Crippen LogP contribution >= 0.6 is 43.5 Å². The Hall–Kier alpha value is -0.570. The third kappa shape index (κ3) is 3.44. The molecule has 0 aromatic heterocycles. The highest BCUT2D eigenvalue weighted by Gasteiger charge is 1.98. The molecule has 2 rings (SSSR count). The first-order valence-electron chi connectivity index (χ1n) is 5.04. The first kappa shape index (κ1) is 12.9. The van der Waals surface area contributed by atoms with E-state index in [4.69, 9.17) is 11.6 Å². The molecule has 2 aromatic rings. The standard InChI is InChI=1S/C14H9Br2Cl/c15-13-4-2-1-3-10(13)5-6-11-9-12(17)7-8-14(11)16/h1-9H. The Bertz CT molecular complexity index is 562. The third-order valence-corrected chi connectivity index (χ3v) is 3.99. The monoisotopic (exact) mass is 370 g/mol. The zero-order valence-electron chi connectivity index (χ0n) is 8.83. The zero-order valence-corrected chi connectivity index (χ0v) is 12.8. The second-order valence-electron chi connectivity index (χ2n) is 3.52. The summed E-state index contributed by atoms with van der Waals surface area (Å²) >= 11 is 13.0. The Morgan fingerprint density at radius 1 is 0.824 bits per heavy atom. The number of hydrogen-bond donors (Lipinski definition) is 0. The Balaban J connectivity index is 2.32.